The third-order valence-corrected chi connectivity index (χ3v) is 6.16. The van der Waals surface area contributed by atoms with Gasteiger partial charge in [-0.15, -0.1) is 0 Å². The molecule has 0 bridgehead atoms. The lowest BCUT2D eigenvalue weighted by atomic mass is 10.2. The second kappa shape index (κ2) is 8.86. The van der Waals surface area contributed by atoms with Crippen LogP contribution in [0.5, 0.6) is 0 Å². The van der Waals surface area contributed by atoms with Gasteiger partial charge in [0.2, 0.25) is 16.0 Å². The number of nitrogens with one attached hydrogen (secondary N) is 2. The molecule has 12 heteroatoms. The second-order valence-corrected chi connectivity index (χ2v) is 8.47. The number of rotatable bonds is 9. The minimum absolute atomic E-state index is 0.00755. The van der Waals surface area contributed by atoms with E-state index in [4.69, 9.17) is 16.7 Å². The standard InChI is InChI=1S/C16H22ClN7O3S/c1-2-28(26,27)24-5-3-4-13(24)9-18-15-14(17)10-19-16(22-15)21-12-8-20-23(11-12)6-7-25/h2,8,10-11,13,25H,1,3-7,9H2,(H2,18,19,21,22). The van der Waals surface area contributed by atoms with Crippen molar-refractivity contribution in [3.8, 4) is 0 Å². The van der Waals surface area contributed by atoms with E-state index in [0.717, 1.165) is 18.2 Å². The van der Waals surface area contributed by atoms with Crippen molar-refractivity contribution in [1.82, 2.24) is 24.1 Å². The molecule has 1 aliphatic rings. The molecule has 10 nitrogen and oxygen atoms in total. The maximum absolute atomic E-state index is 12.1. The molecule has 1 unspecified atom stereocenters. The van der Waals surface area contributed by atoms with Crippen molar-refractivity contribution in [3.63, 3.8) is 0 Å². The molecule has 2 aromatic rings. The highest BCUT2D eigenvalue weighted by Gasteiger charge is 2.32. The van der Waals surface area contributed by atoms with E-state index >= 15 is 0 Å². The maximum atomic E-state index is 12.1. The fraction of sp³-hybridized carbons (Fsp3) is 0.438. The summed E-state index contributed by atoms with van der Waals surface area (Å²) in [6, 6.07) is -0.192. The summed E-state index contributed by atoms with van der Waals surface area (Å²) < 4.78 is 27.2. The molecule has 3 N–H and O–H groups in total. The van der Waals surface area contributed by atoms with E-state index < -0.39 is 10.0 Å². The fourth-order valence-corrected chi connectivity index (χ4v) is 4.32. The van der Waals surface area contributed by atoms with Crippen LogP contribution in [0.25, 0.3) is 0 Å². The van der Waals surface area contributed by atoms with Crippen molar-refractivity contribution >= 4 is 39.1 Å². The highest BCUT2D eigenvalue weighted by atomic mass is 35.5. The van der Waals surface area contributed by atoms with Gasteiger partial charge in [-0.1, -0.05) is 18.2 Å². The number of hydrogen-bond acceptors (Lipinski definition) is 8. The van der Waals surface area contributed by atoms with E-state index in [-0.39, 0.29) is 12.6 Å². The van der Waals surface area contributed by atoms with Crippen LogP contribution < -0.4 is 10.6 Å². The second-order valence-electron chi connectivity index (χ2n) is 6.23. The van der Waals surface area contributed by atoms with Gasteiger partial charge in [0.25, 0.3) is 0 Å². The van der Waals surface area contributed by atoms with Crippen molar-refractivity contribution in [2.75, 3.05) is 30.3 Å². The first-order valence-corrected chi connectivity index (χ1v) is 10.6. The van der Waals surface area contributed by atoms with Gasteiger partial charge in [0, 0.05) is 30.7 Å². The molecule has 152 valence electrons. The van der Waals surface area contributed by atoms with Crippen molar-refractivity contribution < 1.29 is 13.5 Å². The average Bonchev–Trinajstić information content (AvgIpc) is 3.32. The number of nitrogens with zero attached hydrogens (tertiary/aromatic N) is 5. The molecule has 2 aromatic heterocycles. The van der Waals surface area contributed by atoms with Gasteiger partial charge in [-0.05, 0) is 12.8 Å². The summed E-state index contributed by atoms with van der Waals surface area (Å²) in [6.45, 7) is 4.62. The Kier molecular flexibility index (Phi) is 6.50. The number of aromatic nitrogens is 4. The predicted octanol–water partition coefficient (Wildman–Crippen LogP) is 1.41. The first-order chi connectivity index (χ1) is 13.4. The van der Waals surface area contributed by atoms with E-state index in [1.54, 1.807) is 17.1 Å². The van der Waals surface area contributed by atoms with Crippen LogP contribution in [0.1, 0.15) is 12.8 Å². The third-order valence-electron chi connectivity index (χ3n) is 4.33. The molecule has 0 amide bonds. The van der Waals surface area contributed by atoms with E-state index in [2.05, 4.69) is 32.3 Å². The van der Waals surface area contributed by atoms with E-state index in [1.165, 1.54) is 10.5 Å². The third kappa shape index (κ3) is 4.79. The van der Waals surface area contributed by atoms with Gasteiger partial charge in [0.15, 0.2) is 5.82 Å². The molecule has 1 aliphatic heterocycles. The molecule has 1 atom stereocenters. The maximum Gasteiger partial charge on any atom is 0.235 e. The van der Waals surface area contributed by atoms with E-state index in [1.807, 2.05) is 0 Å². The fourth-order valence-electron chi connectivity index (χ4n) is 2.99. The Hall–Kier alpha value is -2.21. The van der Waals surface area contributed by atoms with E-state index in [0.29, 0.717) is 42.1 Å². The Balaban J connectivity index is 1.67. The first kappa shape index (κ1) is 20.5. The van der Waals surface area contributed by atoms with Crippen LogP contribution in [-0.4, -0.2) is 63.3 Å². The molecule has 1 fully saturated rings. The Morgan fingerprint density at radius 3 is 3.00 bits per heavy atom. The summed E-state index contributed by atoms with van der Waals surface area (Å²) in [7, 11) is -3.46. The Bertz CT molecular complexity index is 934. The number of anilines is 3. The summed E-state index contributed by atoms with van der Waals surface area (Å²) >= 11 is 6.18. The number of aliphatic hydroxyl groups is 1. The van der Waals surface area contributed by atoms with Gasteiger partial charge >= 0.3 is 0 Å². The molecule has 0 spiro atoms. The number of sulfonamides is 1. The first-order valence-electron chi connectivity index (χ1n) is 8.74. The zero-order chi connectivity index (χ0) is 20.1. The highest BCUT2D eigenvalue weighted by Crippen LogP contribution is 2.25. The lowest BCUT2D eigenvalue weighted by molar-refractivity contribution is 0.269. The van der Waals surface area contributed by atoms with Gasteiger partial charge in [0.1, 0.15) is 5.02 Å². The normalized spacial score (nSPS) is 17.6. The molecule has 3 rings (SSSR count). The summed E-state index contributed by atoms with van der Waals surface area (Å²) in [5, 5.41) is 20.5. The lowest BCUT2D eigenvalue weighted by Crippen LogP contribution is -2.38. The molecule has 0 aliphatic carbocycles. The van der Waals surface area contributed by atoms with Crippen LogP contribution in [0.4, 0.5) is 17.5 Å². The zero-order valence-corrected chi connectivity index (χ0v) is 16.7. The minimum Gasteiger partial charge on any atom is -0.394 e. The molecule has 0 aromatic carbocycles. The summed E-state index contributed by atoms with van der Waals surface area (Å²) in [5.41, 5.74) is 0.667. The van der Waals surface area contributed by atoms with Crippen LogP contribution in [0.15, 0.2) is 30.6 Å². The summed E-state index contributed by atoms with van der Waals surface area (Å²) in [6.07, 6.45) is 6.32. The highest BCUT2D eigenvalue weighted by molar-refractivity contribution is 7.92. The quantitative estimate of drug-likeness (QED) is 0.548. The van der Waals surface area contributed by atoms with Crippen LogP contribution in [0, 0.1) is 0 Å². The predicted molar refractivity (Wildman–Crippen MR) is 107 cm³/mol. The van der Waals surface area contributed by atoms with Gasteiger partial charge in [0.05, 0.1) is 31.2 Å². The topological polar surface area (TPSA) is 125 Å². The monoisotopic (exact) mass is 427 g/mol. The molecule has 28 heavy (non-hydrogen) atoms. The molecular formula is C16H22ClN7O3S. The summed E-state index contributed by atoms with van der Waals surface area (Å²) in [5.74, 6) is 0.724. The van der Waals surface area contributed by atoms with Crippen molar-refractivity contribution in [2.24, 2.45) is 0 Å². The number of halogens is 1. The van der Waals surface area contributed by atoms with Crippen LogP contribution >= 0.6 is 11.6 Å². The molecule has 0 radical (unpaired) electrons. The number of hydrogen-bond donors (Lipinski definition) is 3. The van der Waals surface area contributed by atoms with Crippen molar-refractivity contribution in [1.29, 1.82) is 0 Å². The smallest absolute Gasteiger partial charge is 0.235 e. The molecular weight excluding hydrogens is 406 g/mol. The van der Waals surface area contributed by atoms with Gasteiger partial charge in [-0.2, -0.15) is 14.4 Å². The lowest BCUT2D eigenvalue weighted by Gasteiger charge is -2.23. The number of aliphatic hydroxyl groups excluding tert-OH is 1. The minimum atomic E-state index is -3.46. The Morgan fingerprint density at radius 1 is 1.43 bits per heavy atom. The van der Waals surface area contributed by atoms with Crippen LogP contribution in [0.2, 0.25) is 5.02 Å². The van der Waals surface area contributed by atoms with Gasteiger partial charge in [-0.3, -0.25) is 4.68 Å². The van der Waals surface area contributed by atoms with Gasteiger partial charge < -0.3 is 15.7 Å². The molecule has 1 saturated heterocycles. The van der Waals surface area contributed by atoms with Crippen molar-refractivity contribution in [2.45, 2.75) is 25.4 Å². The molecule has 0 saturated carbocycles. The SMILES string of the molecule is C=CS(=O)(=O)N1CCCC1CNc1nc(Nc2cnn(CCO)c2)ncc1Cl. The van der Waals surface area contributed by atoms with Crippen molar-refractivity contribution in [3.05, 3.63) is 35.6 Å². The Labute approximate surface area is 168 Å². The van der Waals surface area contributed by atoms with Gasteiger partial charge in [-0.25, -0.2) is 13.4 Å². The largest absolute Gasteiger partial charge is 0.394 e. The van der Waals surface area contributed by atoms with Crippen LogP contribution in [-0.2, 0) is 16.6 Å². The summed E-state index contributed by atoms with van der Waals surface area (Å²) in [4.78, 5) is 8.49. The van der Waals surface area contributed by atoms with E-state index in [9.17, 15) is 8.42 Å². The van der Waals surface area contributed by atoms with Crippen LogP contribution in [0.3, 0.4) is 0 Å². The Morgan fingerprint density at radius 2 is 2.25 bits per heavy atom. The average molecular weight is 428 g/mol. The zero-order valence-electron chi connectivity index (χ0n) is 15.1. The molecule has 3 heterocycles.